The molecule has 0 atom stereocenters. The predicted octanol–water partition coefficient (Wildman–Crippen LogP) is 2.00. The van der Waals surface area contributed by atoms with Gasteiger partial charge >= 0.3 is 5.97 Å². The Balaban J connectivity index is 2.88. The molecule has 0 aliphatic carbocycles. The molecule has 0 fully saturated rings. The maximum Gasteiger partial charge on any atom is 0.356 e. The van der Waals surface area contributed by atoms with Crippen LogP contribution >= 0.6 is 15.9 Å². The highest BCUT2D eigenvalue weighted by Gasteiger charge is 2.14. The smallest absolute Gasteiger partial charge is 0.356 e. The molecule has 6 heteroatoms. The van der Waals surface area contributed by atoms with Crippen molar-refractivity contribution in [2.75, 3.05) is 14.2 Å². The van der Waals surface area contributed by atoms with Gasteiger partial charge in [-0.25, -0.2) is 4.79 Å². The first kappa shape index (κ1) is 13.5. The lowest BCUT2D eigenvalue weighted by molar-refractivity contribution is -0.132. The predicted molar refractivity (Wildman–Crippen MR) is 65.6 cm³/mol. The van der Waals surface area contributed by atoms with Crippen molar-refractivity contribution in [1.82, 2.24) is 0 Å². The minimum absolute atomic E-state index is 0.0513. The summed E-state index contributed by atoms with van der Waals surface area (Å²) < 4.78 is 10.3. The maximum atomic E-state index is 11.2. The van der Waals surface area contributed by atoms with Gasteiger partial charge in [0.1, 0.15) is 5.75 Å². The molecule has 0 unspecified atom stereocenters. The van der Waals surface area contributed by atoms with Gasteiger partial charge in [0, 0.05) is 6.42 Å². The summed E-state index contributed by atoms with van der Waals surface area (Å²) in [6.45, 7) is 0. The molecule has 1 rings (SSSR count). The molecule has 0 radical (unpaired) electrons. The van der Waals surface area contributed by atoms with E-state index in [1.54, 1.807) is 25.3 Å². The Morgan fingerprint density at radius 1 is 1.47 bits per heavy atom. The molecule has 1 N–H and O–H groups in total. The highest BCUT2D eigenvalue weighted by Crippen LogP contribution is 2.25. The largest absolute Gasteiger partial charge is 0.496 e. The van der Waals surface area contributed by atoms with E-state index in [0.717, 1.165) is 10.0 Å². The second kappa shape index (κ2) is 6.24. The maximum absolute atomic E-state index is 11.2. The van der Waals surface area contributed by atoms with Crippen molar-refractivity contribution < 1.29 is 19.5 Å². The topological polar surface area (TPSA) is 68.1 Å². The molecule has 0 aliphatic rings. The number of ether oxygens (including phenoxy) is 2. The minimum atomic E-state index is -0.653. The second-order valence-electron chi connectivity index (χ2n) is 3.18. The number of hydrogen-bond donors (Lipinski definition) is 1. The Morgan fingerprint density at radius 2 is 2.18 bits per heavy atom. The summed E-state index contributed by atoms with van der Waals surface area (Å²) in [5.41, 5.74) is 0.750. The fraction of sp³-hybridized carbons (Fsp3) is 0.273. The van der Waals surface area contributed by atoms with E-state index in [0.29, 0.717) is 5.75 Å². The first-order valence-electron chi connectivity index (χ1n) is 4.74. The van der Waals surface area contributed by atoms with Crippen LogP contribution in [0.1, 0.15) is 5.56 Å². The molecular formula is C11H12BrNO4. The van der Waals surface area contributed by atoms with Crippen LogP contribution in [-0.4, -0.2) is 31.1 Å². The number of carbonyl (C=O) groups excluding carboxylic acids is 1. The lowest BCUT2D eigenvalue weighted by atomic mass is 10.1. The van der Waals surface area contributed by atoms with Crippen LogP contribution in [0.3, 0.4) is 0 Å². The van der Waals surface area contributed by atoms with Crippen molar-refractivity contribution in [3.63, 3.8) is 0 Å². The van der Waals surface area contributed by atoms with Gasteiger partial charge in [-0.3, -0.25) is 0 Å². The lowest BCUT2D eigenvalue weighted by Gasteiger charge is -2.06. The van der Waals surface area contributed by atoms with E-state index in [1.165, 1.54) is 7.11 Å². The van der Waals surface area contributed by atoms with Crippen molar-refractivity contribution in [2.24, 2.45) is 5.16 Å². The SMILES string of the molecule is COC(=O)/C(Cc1ccc(OC)c(Br)c1)=N/O. The van der Waals surface area contributed by atoms with Crippen molar-refractivity contribution in [3.8, 4) is 5.75 Å². The van der Waals surface area contributed by atoms with E-state index < -0.39 is 5.97 Å². The van der Waals surface area contributed by atoms with E-state index >= 15 is 0 Å². The third kappa shape index (κ3) is 3.45. The van der Waals surface area contributed by atoms with Gasteiger partial charge < -0.3 is 14.7 Å². The standard InChI is InChI=1S/C11H12BrNO4/c1-16-10-4-3-7(5-8(10)12)6-9(13-15)11(14)17-2/h3-5,15H,6H2,1-2H3/b13-9+. The Kier molecular flexibility index (Phi) is 4.96. The molecule has 1 aromatic rings. The van der Waals surface area contributed by atoms with E-state index in [9.17, 15) is 4.79 Å². The van der Waals surface area contributed by atoms with Gasteiger partial charge in [0.2, 0.25) is 0 Å². The van der Waals surface area contributed by atoms with E-state index in [1.807, 2.05) is 0 Å². The van der Waals surface area contributed by atoms with Crippen molar-refractivity contribution in [3.05, 3.63) is 28.2 Å². The normalized spacial score (nSPS) is 11.1. The monoisotopic (exact) mass is 301 g/mol. The Hall–Kier alpha value is -1.56. The number of oxime groups is 1. The van der Waals surface area contributed by atoms with Gasteiger partial charge in [-0.2, -0.15) is 0 Å². The van der Waals surface area contributed by atoms with Gasteiger partial charge in [0.25, 0.3) is 0 Å². The number of esters is 1. The summed E-state index contributed by atoms with van der Waals surface area (Å²) in [7, 11) is 2.80. The average molecular weight is 302 g/mol. The molecule has 0 saturated carbocycles. The van der Waals surface area contributed by atoms with E-state index in [2.05, 4.69) is 25.8 Å². The molecule has 17 heavy (non-hydrogen) atoms. The molecule has 1 aromatic carbocycles. The van der Waals surface area contributed by atoms with Crippen LogP contribution < -0.4 is 4.74 Å². The molecule has 0 heterocycles. The number of benzene rings is 1. The van der Waals surface area contributed by atoms with Crippen molar-refractivity contribution in [2.45, 2.75) is 6.42 Å². The number of carbonyl (C=O) groups is 1. The summed E-state index contributed by atoms with van der Waals surface area (Å²) in [4.78, 5) is 11.2. The Labute approximate surface area is 107 Å². The summed E-state index contributed by atoms with van der Waals surface area (Å²) >= 11 is 3.33. The Morgan fingerprint density at radius 3 is 2.65 bits per heavy atom. The zero-order chi connectivity index (χ0) is 12.8. The number of hydrogen-bond acceptors (Lipinski definition) is 5. The second-order valence-corrected chi connectivity index (χ2v) is 4.04. The summed E-state index contributed by atoms with van der Waals surface area (Å²) in [6, 6.07) is 5.32. The summed E-state index contributed by atoms with van der Waals surface area (Å²) in [5.74, 6) is 0.0359. The number of nitrogens with zero attached hydrogens (tertiary/aromatic N) is 1. The zero-order valence-electron chi connectivity index (χ0n) is 9.44. The van der Waals surface area contributed by atoms with Gasteiger partial charge in [-0.15, -0.1) is 0 Å². The van der Waals surface area contributed by atoms with E-state index in [-0.39, 0.29) is 12.1 Å². The molecule has 0 saturated heterocycles. The van der Waals surface area contributed by atoms with Gasteiger partial charge in [-0.05, 0) is 33.6 Å². The third-order valence-corrected chi connectivity index (χ3v) is 2.75. The first-order chi connectivity index (χ1) is 8.12. The van der Waals surface area contributed by atoms with Crippen LogP contribution in [0, 0.1) is 0 Å². The number of methoxy groups -OCH3 is 2. The lowest BCUT2D eigenvalue weighted by Crippen LogP contribution is -2.18. The fourth-order valence-corrected chi connectivity index (χ4v) is 1.87. The van der Waals surface area contributed by atoms with Crippen LogP contribution in [0.25, 0.3) is 0 Å². The first-order valence-corrected chi connectivity index (χ1v) is 5.53. The van der Waals surface area contributed by atoms with Crippen molar-refractivity contribution in [1.29, 1.82) is 0 Å². The van der Waals surface area contributed by atoms with Crippen molar-refractivity contribution >= 4 is 27.6 Å². The van der Waals surface area contributed by atoms with Crippen LogP contribution in [-0.2, 0) is 16.0 Å². The highest BCUT2D eigenvalue weighted by molar-refractivity contribution is 9.10. The molecule has 92 valence electrons. The molecule has 0 aromatic heterocycles. The number of halogens is 1. The van der Waals surface area contributed by atoms with Gasteiger partial charge in [-0.1, -0.05) is 11.2 Å². The molecule has 5 nitrogen and oxygen atoms in total. The van der Waals surface area contributed by atoms with E-state index in [4.69, 9.17) is 9.94 Å². The fourth-order valence-electron chi connectivity index (χ4n) is 1.28. The quantitative estimate of drug-likeness (QED) is 0.400. The molecular weight excluding hydrogens is 290 g/mol. The average Bonchev–Trinajstić information content (AvgIpc) is 2.35. The summed E-state index contributed by atoms with van der Waals surface area (Å²) in [5, 5.41) is 11.6. The molecule has 0 bridgehead atoms. The Bertz CT molecular complexity index is 445. The molecule has 0 spiro atoms. The molecule has 0 aliphatic heterocycles. The highest BCUT2D eigenvalue weighted by atomic mass is 79.9. The van der Waals surface area contributed by atoms with Crippen LogP contribution in [0.4, 0.5) is 0 Å². The summed E-state index contributed by atoms with van der Waals surface area (Å²) in [6.07, 6.45) is 0.186. The van der Waals surface area contributed by atoms with Gasteiger partial charge in [0.05, 0.1) is 18.7 Å². The molecule has 0 amide bonds. The van der Waals surface area contributed by atoms with Crippen LogP contribution in [0.15, 0.2) is 27.8 Å². The zero-order valence-corrected chi connectivity index (χ0v) is 11.0. The number of rotatable bonds is 4. The minimum Gasteiger partial charge on any atom is -0.496 e. The van der Waals surface area contributed by atoms with Crippen LogP contribution in [0.5, 0.6) is 5.75 Å². The van der Waals surface area contributed by atoms with Gasteiger partial charge in [0.15, 0.2) is 5.71 Å². The third-order valence-electron chi connectivity index (χ3n) is 2.13. The van der Waals surface area contributed by atoms with Crippen LogP contribution in [0.2, 0.25) is 0 Å².